The fraction of sp³-hybridized carbons (Fsp3) is 0.206. The largest absolute Gasteiger partial charge is 0.461 e. The van der Waals surface area contributed by atoms with E-state index in [0.29, 0.717) is 5.69 Å². The number of benzene rings is 4. The maximum absolute atomic E-state index is 13.5. The Morgan fingerprint density at radius 2 is 1.22 bits per heavy atom. The molecular formula is C34H33N3O4. The van der Waals surface area contributed by atoms with Crippen molar-refractivity contribution in [1.82, 2.24) is 10.2 Å². The first-order valence-electron chi connectivity index (χ1n) is 13.8. The Labute approximate surface area is 240 Å². The molecule has 2 N–H and O–H groups in total. The lowest BCUT2D eigenvalue weighted by Gasteiger charge is -2.31. The Bertz CT molecular complexity index is 1400. The first kappa shape index (κ1) is 27.6. The van der Waals surface area contributed by atoms with E-state index in [0.717, 1.165) is 35.1 Å². The lowest BCUT2D eigenvalue weighted by molar-refractivity contribution is -0.144. The van der Waals surface area contributed by atoms with E-state index in [9.17, 15) is 14.4 Å². The Morgan fingerprint density at radius 3 is 1.78 bits per heavy atom. The summed E-state index contributed by atoms with van der Waals surface area (Å²) in [5, 5.41) is 5.48. The van der Waals surface area contributed by atoms with Gasteiger partial charge in [0.25, 0.3) is 0 Å². The van der Waals surface area contributed by atoms with Crippen LogP contribution in [0.1, 0.15) is 47.2 Å². The second kappa shape index (κ2) is 13.4. The maximum atomic E-state index is 13.5. The van der Waals surface area contributed by atoms with Gasteiger partial charge in [-0.15, -0.1) is 0 Å². The van der Waals surface area contributed by atoms with Crippen molar-refractivity contribution in [1.29, 1.82) is 0 Å². The van der Waals surface area contributed by atoms with Crippen LogP contribution in [0.3, 0.4) is 0 Å². The smallest absolute Gasteiger partial charge is 0.319 e. The molecule has 1 fully saturated rings. The van der Waals surface area contributed by atoms with Gasteiger partial charge in [0.05, 0.1) is 25.0 Å². The van der Waals surface area contributed by atoms with Gasteiger partial charge in [-0.05, 0) is 47.2 Å². The number of likely N-dealkylation sites (tertiary alicyclic amines) is 1. The lowest BCUT2D eigenvalue weighted by atomic mass is 10.0. The Kier molecular flexibility index (Phi) is 9.06. The van der Waals surface area contributed by atoms with Gasteiger partial charge >= 0.3 is 12.0 Å². The molecule has 41 heavy (non-hydrogen) atoms. The molecule has 7 heteroatoms. The van der Waals surface area contributed by atoms with Gasteiger partial charge in [0.2, 0.25) is 5.91 Å². The van der Waals surface area contributed by atoms with Crippen molar-refractivity contribution >= 4 is 23.6 Å². The van der Waals surface area contributed by atoms with Crippen molar-refractivity contribution in [3.05, 3.63) is 138 Å². The molecule has 1 saturated heterocycles. The van der Waals surface area contributed by atoms with Crippen LogP contribution in [-0.2, 0) is 27.4 Å². The van der Waals surface area contributed by atoms with E-state index in [4.69, 9.17) is 4.74 Å². The predicted octanol–water partition coefficient (Wildman–Crippen LogP) is 6.20. The molecule has 0 aliphatic carbocycles. The monoisotopic (exact) mass is 547 g/mol. The molecule has 0 spiro atoms. The molecule has 5 rings (SSSR count). The summed E-state index contributed by atoms with van der Waals surface area (Å²) in [4.78, 5) is 40.3. The van der Waals surface area contributed by atoms with Gasteiger partial charge in [0, 0.05) is 5.69 Å². The zero-order chi connectivity index (χ0) is 28.4. The van der Waals surface area contributed by atoms with Gasteiger partial charge in [0.15, 0.2) is 0 Å². The molecule has 4 aromatic carbocycles. The number of nitrogens with zero attached hydrogens (tertiary/aromatic N) is 1. The van der Waals surface area contributed by atoms with Crippen LogP contribution in [0.15, 0.2) is 115 Å². The molecule has 3 amide bonds. The van der Waals surface area contributed by atoms with Crippen LogP contribution in [0.25, 0.3) is 0 Å². The summed E-state index contributed by atoms with van der Waals surface area (Å²) in [6, 6.07) is 36.0. The molecule has 1 aliphatic rings. The number of carbonyl (C=O) groups excluding carboxylic acids is 3. The number of anilines is 1. The highest BCUT2D eigenvalue weighted by atomic mass is 16.5. The molecule has 0 aromatic heterocycles. The van der Waals surface area contributed by atoms with E-state index >= 15 is 0 Å². The standard InChI is InChI=1S/C34H33N3O4/c38-32(37-30(27-12-6-2-7-13-27)20-21-31(37)28-14-8-3-9-15-28)23-35-34(40)36-29-18-16-25(17-19-29)22-33(39)41-24-26-10-4-1-5-11-26/h1-19,30-31H,20-24H2,(H2,35,36,40)/t30-,31+. The van der Waals surface area contributed by atoms with Crippen LogP contribution >= 0.6 is 0 Å². The Balaban J connectivity index is 1.14. The summed E-state index contributed by atoms with van der Waals surface area (Å²) in [7, 11) is 0. The molecule has 4 aromatic rings. The van der Waals surface area contributed by atoms with Gasteiger partial charge in [-0.1, -0.05) is 103 Å². The van der Waals surface area contributed by atoms with Crippen molar-refractivity contribution in [2.45, 2.75) is 38.0 Å². The zero-order valence-electron chi connectivity index (χ0n) is 22.7. The summed E-state index contributed by atoms with van der Waals surface area (Å²) >= 11 is 0. The van der Waals surface area contributed by atoms with Crippen molar-refractivity contribution in [3.8, 4) is 0 Å². The Morgan fingerprint density at radius 1 is 0.683 bits per heavy atom. The number of hydrogen-bond acceptors (Lipinski definition) is 4. The number of esters is 1. The summed E-state index contributed by atoms with van der Waals surface area (Å²) in [6.45, 7) is 0.109. The fourth-order valence-electron chi connectivity index (χ4n) is 5.25. The highest BCUT2D eigenvalue weighted by Crippen LogP contribution is 2.43. The molecule has 0 bridgehead atoms. The topological polar surface area (TPSA) is 87.7 Å². The van der Waals surface area contributed by atoms with Crippen molar-refractivity contribution in [2.75, 3.05) is 11.9 Å². The lowest BCUT2D eigenvalue weighted by Crippen LogP contribution is -2.42. The first-order valence-corrected chi connectivity index (χ1v) is 13.8. The number of ether oxygens (including phenoxy) is 1. The van der Waals surface area contributed by atoms with Crippen LogP contribution in [0, 0.1) is 0 Å². The fourth-order valence-corrected chi connectivity index (χ4v) is 5.25. The molecule has 0 radical (unpaired) electrons. The molecule has 2 atom stereocenters. The third-order valence-electron chi connectivity index (χ3n) is 7.24. The van der Waals surface area contributed by atoms with Crippen molar-refractivity contribution in [2.24, 2.45) is 0 Å². The molecule has 208 valence electrons. The van der Waals surface area contributed by atoms with Gasteiger partial charge in [-0.2, -0.15) is 0 Å². The van der Waals surface area contributed by atoms with E-state index in [1.54, 1.807) is 24.3 Å². The number of hydrogen-bond donors (Lipinski definition) is 2. The predicted molar refractivity (Wildman–Crippen MR) is 158 cm³/mol. The Hall–Kier alpha value is -4.91. The SMILES string of the molecule is O=C(NCC(=O)N1[C@@H](c2ccccc2)CC[C@H]1c1ccccc1)Nc1ccc(CC(=O)OCc2ccccc2)cc1. The molecule has 0 saturated carbocycles. The first-order chi connectivity index (χ1) is 20.1. The molecule has 1 heterocycles. The van der Waals surface area contributed by atoms with E-state index in [1.807, 2.05) is 95.9 Å². The van der Waals surface area contributed by atoms with Crippen LogP contribution in [0.2, 0.25) is 0 Å². The number of urea groups is 1. The van der Waals surface area contributed by atoms with Crippen LogP contribution in [0.5, 0.6) is 0 Å². The average molecular weight is 548 g/mol. The van der Waals surface area contributed by atoms with Gasteiger partial charge < -0.3 is 20.3 Å². The molecule has 7 nitrogen and oxygen atoms in total. The number of amides is 3. The average Bonchev–Trinajstić information content (AvgIpc) is 3.47. The minimum absolute atomic E-state index is 0.0503. The van der Waals surface area contributed by atoms with Gasteiger partial charge in [-0.25, -0.2) is 4.79 Å². The minimum atomic E-state index is -0.472. The molecule has 0 unspecified atom stereocenters. The van der Waals surface area contributed by atoms with E-state index in [2.05, 4.69) is 10.6 Å². The van der Waals surface area contributed by atoms with Crippen LogP contribution in [0.4, 0.5) is 10.5 Å². The van der Waals surface area contributed by atoms with Crippen LogP contribution < -0.4 is 10.6 Å². The molecular weight excluding hydrogens is 514 g/mol. The number of rotatable bonds is 9. The maximum Gasteiger partial charge on any atom is 0.319 e. The van der Waals surface area contributed by atoms with Crippen LogP contribution in [-0.4, -0.2) is 29.4 Å². The number of carbonyl (C=O) groups is 3. The molecule has 1 aliphatic heterocycles. The summed E-state index contributed by atoms with van der Waals surface area (Å²) in [6.07, 6.45) is 1.84. The van der Waals surface area contributed by atoms with Gasteiger partial charge in [0.1, 0.15) is 6.61 Å². The third-order valence-corrected chi connectivity index (χ3v) is 7.24. The van der Waals surface area contributed by atoms with Crippen molar-refractivity contribution < 1.29 is 19.1 Å². The number of nitrogens with one attached hydrogen (secondary N) is 2. The second-order valence-electron chi connectivity index (χ2n) is 10.1. The highest BCUT2D eigenvalue weighted by Gasteiger charge is 2.38. The van der Waals surface area contributed by atoms with E-state index in [1.165, 1.54) is 0 Å². The van der Waals surface area contributed by atoms with Gasteiger partial charge in [-0.3, -0.25) is 9.59 Å². The van der Waals surface area contributed by atoms with E-state index in [-0.39, 0.29) is 43.5 Å². The van der Waals surface area contributed by atoms with Crippen molar-refractivity contribution in [3.63, 3.8) is 0 Å². The summed E-state index contributed by atoms with van der Waals surface area (Å²) in [5.74, 6) is -0.458. The minimum Gasteiger partial charge on any atom is -0.461 e. The second-order valence-corrected chi connectivity index (χ2v) is 10.1. The third kappa shape index (κ3) is 7.39. The normalized spacial score (nSPS) is 16.1. The summed E-state index contributed by atoms with van der Waals surface area (Å²) < 4.78 is 5.34. The van der Waals surface area contributed by atoms with E-state index < -0.39 is 6.03 Å². The highest BCUT2D eigenvalue weighted by molar-refractivity contribution is 5.92. The summed E-state index contributed by atoms with van der Waals surface area (Å²) in [5.41, 5.74) is 4.44. The zero-order valence-corrected chi connectivity index (χ0v) is 22.7. The quantitative estimate of drug-likeness (QED) is 0.244.